The zero-order valence-electron chi connectivity index (χ0n) is 18.7. The van der Waals surface area contributed by atoms with Crippen LogP contribution in [-0.2, 0) is 9.84 Å². The molecule has 1 aromatic heterocycles. The van der Waals surface area contributed by atoms with Crippen LogP contribution < -0.4 is 4.90 Å². The van der Waals surface area contributed by atoms with Crippen LogP contribution in [0.15, 0.2) is 52.3 Å². The maximum absolute atomic E-state index is 13.5. The normalized spacial score (nSPS) is 11.7. The van der Waals surface area contributed by atoms with Gasteiger partial charge < -0.3 is 4.90 Å². The molecule has 6 nitrogen and oxygen atoms in total. The lowest BCUT2D eigenvalue weighted by Crippen LogP contribution is -2.36. The Labute approximate surface area is 204 Å². The SMILES string of the molecule is CSc1ccc2nc(N(CCN(C)C)C(=O)c3cccc(S(=O)(=O)C(C)C)c3)sc2c1.Cl. The van der Waals surface area contributed by atoms with Crippen LogP contribution in [0.2, 0.25) is 0 Å². The summed E-state index contributed by atoms with van der Waals surface area (Å²) in [5, 5.41) is 0.0508. The number of anilines is 1. The molecule has 0 aliphatic heterocycles. The number of halogens is 1. The van der Waals surface area contributed by atoms with E-state index < -0.39 is 15.1 Å². The van der Waals surface area contributed by atoms with E-state index in [-0.39, 0.29) is 23.2 Å². The zero-order chi connectivity index (χ0) is 22.8. The smallest absolute Gasteiger partial charge is 0.260 e. The van der Waals surface area contributed by atoms with E-state index >= 15 is 0 Å². The van der Waals surface area contributed by atoms with Gasteiger partial charge in [0.25, 0.3) is 5.91 Å². The van der Waals surface area contributed by atoms with Crippen molar-refractivity contribution in [2.75, 3.05) is 38.3 Å². The third-order valence-electron chi connectivity index (χ3n) is 4.86. The summed E-state index contributed by atoms with van der Waals surface area (Å²) in [5.74, 6) is -0.258. The van der Waals surface area contributed by atoms with E-state index in [0.29, 0.717) is 23.8 Å². The molecule has 0 fully saturated rings. The van der Waals surface area contributed by atoms with E-state index in [1.54, 1.807) is 42.6 Å². The largest absolute Gasteiger partial charge is 0.308 e. The topological polar surface area (TPSA) is 70.6 Å². The molecule has 0 unspecified atom stereocenters. The molecule has 32 heavy (non-hydrogen) atoms. The second kappa shape index (κ2) is 11.0. The third kappa shape index (κ3) is 5.82. The van der Waals surface area contributed by atoms with Crippen molar-refractivity contribution in [2.45, 2.75) is 28.9 Å². The van der Waals surface area contributed by atoms with Crippen LogP contribution >= 0.6 is 35.5 Å². The Bertz CT molecular complexity index is 1190. The van der Waals surface area contributed by atoms with Crippen LogP contribution in [0.4, 0.5) is 5.13 Å². The summed E-state index contributed by atoms with van der Waals surface area (Å²) in [6.07, 6.45) is 2.02. The van der Waals surface area contributed by atoms with Gasteiger partial charge in [-0.05, 0) is 70.6 Å². The van der Waals surface area contributed by atoms with E-state index in [1.807, 2.05) is 37.4 Å². The minimum absolute atomic E-state index is 0. The predicted octanol–water partition coefficient (Wildman–Crippen LogP) is 4.83. The number of benzene rings is 2. The number of amides is 1. The molecular weight excluding hydrogens is 486 g/mol. The van der Waals surface area contributed by atoms with Crippen LogP contribution in [0.1, 0.15) is 24.2 Å². The molecular formula is C22H28ClN3O3S3. The molecule has 0 N–H and O–H groups in total. The summed E-state index contributed by atoms with van der Waals surface area (Å²) in [5.41, 5.74) is 1.18. The van der Waals surface area contributed by atoms with Gasteiger partial charge in [-0.15, -0.1) is 24.2 Å². The quantitative estimate of drug-likeness (QED) is 0.402. The molecule has 3 rings (SSSR count). The third-order valence-corrected chi connectivity index (χ3v) is 8.78. The summed E-state index contributed by atoms with van der Waals surface area (Å²) >= 11 is 3.13. The van der Waals surface area contributed by atoms with Gasteiger partial charge in [0.15, 0.2) is 15.0 Å². The van der Waals surface area contributed by atoms with Gasteiger partial charge in [0.2, 0.25) is 0 Å². The van der Waals surface area contributed by atoms with Crippen LogP contribution in [0, 0.1) is 0 Å². The predicted molar refractivity (Wildman–Crippen MR) is 138 cm³/mol. The first-order valence-electron chi connectivity index (χ1n) is 9.88. The summed E-state index contributed by atoms with van der Waals surface area (Å²) in [6.45, 7) is 4.37. The highest BCUT2D eigenvalue weighted by atomic mass is 35.5. The van der Waals surface area contributed by atoms with Gasteiger partial charge in [-0.2, -0.15) is 0 Å². The van der Waals surface area contributed by atoms with Crippen LogP contribution in [-0.4, -0.2) is 62.9 Å². The van der Waals surface area contributed by atoms with Crippen molar-refractivity contribution in [2.24, 2.45) is 0 Å². The molecule has 3 aromatic rings. The molecule has 0 spiro atoms. The average molecular weight is 514 g/mol. The monoisotopic (exact) mass is 513 g/mol. The lowest BCUT2D eigenvalue weighted by molar-refractivity contribution is 0.0985. The molecule has 0 bridgehead atoms. The molecule has 1 heterocycles. The number of nitrogens with zero attached hydrogens (tertiary/aromatic N) is 3. The molecule has 0 saturated heterocycles. The van der Waals surface area contributed by atoms with E-state index in [2.05, 4.69) is 11.1 Å². The molecule has 174 valence electrons. The number of likely N-dealkylation sites (N-methyl/N-ethyl adjacent to an activating group) is 1. The van der Waals surface area contributed by atoms with Crippen molar-refractivity contribution in [3.05, 3.63) is 48.0 Å². The van der Waals surface area contributed by atoms with Gasteiger partial charge in [0.1, 0.15) is 0 Å². The Morgan fingerprint density at radius 2 is 1.84 bits per heavy atom. The number of carbonyl (C=O) groups is 1. The molecule has 0 aliphatic carbocycles. The van der Waals surface area contributed by atoms with Crippen molar-refractivity contribution in [1.82, 2.24) is 9.88 Å². The number of thioether (sulfide) groups is 1. The van der Waals surface area contributed by atoms with Gasteiger partial charge in [-0.25, -0.2) is 13.4 Å². The Balaban J connectivity index is 0.00000363. The molecule has 2 aromatic carbocycles. The van der Waals surface area contributed by atoms with E-state index in [9.17, 15) is 13.2 Å². The highest BCUT2D eigenvalue weighted by Crippen LogP contribution is 2.32. The minimum Gasteiger partial charge on any atom is -0.308 e. The van der Waals surface area contributed by atoms with Gasteiger partial charge in [-0.1, -0.05) is 17.4 Å². The van der Waals surface area contributed by atoms with Crippen LogP contribution in [0.5, 0.6) is 0 Å². The number of hydrogen-bond acceptors (Lipinski definition) is 7. The molecule has 1 amide bonds. The number of hydrogen-bond donors (Lipinski definition) is 0. The molecule has 0 saturated carbocycles. The van der Waals surface area contributed by atoms with E-state index in [4.69, 9.17) is 0 Å². The van der Waals surface area contributed by atoms with Gasteiger partial charge in [-0.3, -0.25) is 9.69 Å². The average Bonchev–Trinajstić information content (AvgIpc) is 3.16. The number of thiazole rings is 1. The fourth-order valence-corrected chi connectivity index (χ4v) is 5.60. The van der Waals surface area contributed by atoms with Gasteiger partial charge in [0.05, 0.1) is 20.4 Å². The summed E-state index contributed by atoms with van der Waals surface area (Å²) in [4.78, 5) is 23.1. The van der Waals surface area contributed by atoms with Crippen molar-refractivity contribution < 1.29 is 13.2 Å². The highest BCUT2D eigenvalue weighted by Gasteiger charge is 2.24. The Morgan fingerprint density at radius 1 is 1.12 bits per heavy atom. The minimum atomic E-state index is -3.47. The second-order valence-electron chi connectivity index (χ2n) is 7.71. The molecule has 10 heteroatoms. The summed E-state index contributed by atoms with van der Waals surface area (Å²) < 4.78 is 26.2. The van der Waals surface area contributed by atoms with Gasteiger partial charge >= 0.3 is 0 Å². The molecule has 0 radical (unpaired) electrons. The lowest BCUT2D eigenvalue weighted by Gasteiger charge is -2.22. The first kappa shape index (κ1) is 26.6. The fraction of sp³-hybridized carbons (Fsp3) is 0.364. The van der Waals surface area contributed by atoms with Gasteiger partial charge in [0, 0.05) is 23.5 Å². The van der Waals surface area contributed by atoms with Crippen molar-refractivity contribution in [1.29, 1.82) is 0 Å². The van der Waals surface area contributed by atoms with Crippen molar-refractivity contribution >= 4 is 66.6 Å². The lowest BCUT2D eigenvalue weighted by atomic mass is 10.2. The first-order valence-corrected chi connectivity index (χ1v) is 13.5. The number of sulfone groups is 1. The maximum Gasteiger partial charge on any atom is 0.260 e. The number of carbonyl (C=O) groups excluding carboxylic acids is 1. The zero-order valence-corrected chi connectivity index (χ0v) is 22.0. The van der Waals surface area contributed by atoms with Crippen molar-refractivity contribution in [3.8, 4) is 0 Å². The Kier molecular flexibility index (Phi) is 9.13. The molecule has 0 aliphatic rings. The maximum atomic E-state index is 13.5. The Hall–Kier alpha value is -1.65. The Morgan fingerprint density at radius 3 is 2.47 bits per heavy atom. The fourth-order valence-electron chi connectivity index (χ4n) is 2.95. The number of rotatable bonds is 8. The molecule has 0 atom stereocenters. The van der Waals surface area contributed by atoms with Crippen molar-refractivity contribution in [3.63, 3.8) is 0 Å². The summed E-state index contributed by atoms with van der Waals surface area (Å²) in [6, 6.07) is 12.3. The standard InChI is InChI=1S/C22H27N3O3S3.ClH/c1-15(2)31(27,28)18-8-6-7-16(13-18)21(26)25(12-11-24(3)4)22-23-19-10-9-17(29-5)14-20(19)30-22;/h6-10,13-15H,11-12H2,1-5H3;1H. The number of aromatic nitrogens is 1. The van der Waals surface area contributed by atoms with E-state index in [1.165, 1.54) is 23.5 Å². The highest BCUT2D eigenvalue weighted by molar-refractivity contribution is 7.98. The van der Waals surface area contributed by atoms with Crippen LogP contribution in [0.25, 0.3) is 10.2 Å². The second-order valence-corrected chi connectivity index (χ2v) is 12.1. The van der Waals surface area contributed by atoms with E-state index in [0.717, 1.165) is 15.1 Å². The summed E-state index contributed by atoms with van der Waals surface area (Å²) in [7, 11) is 0.421. The first-order chi connectivity index (χ1) is 14.6. The van der Waals surface area contributed by atoms with Crippen LogP contribution in [0.3, 0.4) is 0 Å². The number of fused-ring (bicyclic) bond motifs is 1.